The molecule has 0 amide bonds. The molecule has 18 heavy (non-hydrogen) atoms. The maximum absolute atomic E-state index is 11.3. The molecule has 0 atom stereocenters. The molecule has 1 N–H and O–H groups in total. The number of benzene rings is 1. The molecule has 0 aliphatic carbocycles. The van der Waals surface area contributed by atoms with E-state index in [4.69, 9.17) is 4.74 Å². The number of hydrogen-bond acceptors (Lipinski definition) is 3. The maximum atomic E-state index is 11.3. The van der Waals surface area contributed by atoms with Crippen molar-refractivity contribution >= 4 is 27.6 Å². The number of halogens is 1. The van der Waals surface area contributed by atoms with Gasteiger partial charge in [-0.15, -0.1) is 0 Å². The first kappa shape index (κ1) is 13.4. The largest absolute Gasteiger partial charge is 0.478 e. The number of carbonyl (C=O) groups is 1. The fourth-order valence-electron chi connectivity index (χ4n) is 2.21. The Kier molecular flexibility index (Phi) is 3.64. The van der Waals surface area contributed by atoms with Crippen LogP contribution in [0.25, 0.3) is 0 Å². The van der Waals surface area contributed by atoms with Gasteiger partial charge in [0.2, 0.25) is 0 Å². The lowest BCUT2D eigenvalue weighted by atomic mass is 9.99. The van der Waals surface area contributed by atoms with Gasteiger partial charge in [-0.25, -0.2) is 4.79 Å². The van der Waals surface area contributed by atoms with Crippen molar-refractivity contribution in [1.82, 2.24) is 0 Å². The highest BCUT2D eigenvalue weighted by molar-refractivity contribution is 9.10. The summed E-state index contributed by atoms with van der Waals surface area (Å²) >= 11 is 3.40. The third-order valence-corrected chi connectivity index (χ3v) is 3.62. The van der Waals surface area contributed by atoms with Gasteiger partial charge in [0.1, 0.15) is 0 Å². The van der Waals surface area contributed by atoms with Crippen LogP contribution in [-0.4, -0.2) is 36.4 Å². The Bertz CT molecular complexity index is 473. The van der Waals surface area contributed by atoms with Gasteiger partial charge < -0.3 is 14.7 Å². The summed E-state index contributed by atoms with van der Waals surface area (Å²) in [6.07, 6.45) is 0. The van der Waals surface area contributed by atoms with Crippen LogP contribution in [0, 0.1) is 0 Å². The number of hydrogen-bond donors (Lipinski definition) is 1. The Morgan fingerprint density at radius 3 is 2.83 bits per heavy atom. The van der Waals surface area contributed by atoms with Crippen molar-refractivity contribution in [3.8, 4) is 0 Å². The topological polar surface area (TPSA) is 49.8 Å². The zero-order valence-corrected chi connectivity index (χ0v) is 12.0. The number of rotatable bonds is 2. The van der Waals surface area contributed by atoms with Crippen LogP contribution in [0.4, 0.5) is 5.69 Å². The second-order valence-electron chi connectivity index (χ2n) is 4.98. The van der Waals surface area contributed by atoms with Gasteiger partial charge in [0, 0.05) is 11.0 Å². The summed E-state index contributed by atoms with van der Waals surface area (Å²) in [5, 5.41) is 9.28. The highest BCUT2D eigenvalue weighted by atomic mass is 79.9. The van der Waals surface area contributed by atoms with Gasteiger partial charge in [-0.3, -0.25) is 0 Å². The number of aromatic carboxylic acids is 1. The summed E-state index contributed by atoms with van der Waals surface area (Å²) in [6, 6.07) is 5.24. The monoisotopic (exact) mass is 313 g/mol. The standard InChI is InChI=1S/C13H16BrNO3/c1-13(2)8-18-6-5-15(13)11-7-9(14)3-4-10(11)12(16)17/h3-4,7H,5-6,8H2,1-2H3,(H,16,17). The van der Waals surface area contributed by atoms with E-state index in [1.807, 2.05) is 6.07 Å². The van der Waals surface area contributed by atoms with E-state index in [-0.39, 0.29) is 5.54 Å². The van der Waals surface area contributed by atoms with E-state index in [2.05, 4.69) is 34.7 Å². The molecular weight excluding hydrogens is 298 g/mol. The number of morpholine rings is 1. The quantitative estimate of drug-likeness (QED) is 0.912. The predicted molar refractivity (Wildman–Crippen MR) is 73.3 cm³/mol. The van der Waals surface area contributed by atoms with Crippen molar-refractivity contribution in [3.63, 3.8) is 0 Å². The molecule has 0 aromatic heterocycles. The molecule has 1 fully saturated rings. The molecule has 0 bridgehead atoms. The van der Waals surface area contributed by atoms with Gasteiger partial charge >= 0.3 is 5.97 Å². The molecule has 0 saturated carbocycles. The molecule has 1 aliphatic heterocycles. The average Bonchev–Trinajstić information content (AvgIpc) is 2.27. The van der Waals surface area contributed by atoms with E-state index < -0.39 is 5.97 Å². The van der Waals surface area contributed by atoms with Gasteiger partial charge in [0.05, 0.1) is 30.0 Å². The van der Waals surface area contributed by atoms with Crippen LogP contribution in [0.3, 0.4) is 0 Å². The first-order valence-electron chi connectivity index (χ1n) is 5.80. The van der Waals surface area contributed by atoms with Gasteiger partial charge in [-0.1, -0.05) is 15.9 Å². The molecule has 1 saturated heterocycles. The van der Waals surface area contributed by atoms with Crippen LogP contribution >= 0.6 is 15.9 Å². The molecule has 0 unspecified atom stereocenters. The second kappa shape index (κ2) is 4.90. The number of carboxylic acid groups (broad SMARTS) is 1. The van der Waals surface area contributed by atoms with E-state index in [0.29, 0.717) is 25.3 Å². The van der Waals surface area contributed by atoms with Crippen LogP contribution in [0.2, 0.25) is 0 Å². The smallest absolute Gasteiger partial charge is 0.337 e. The van der Waals surface area contributed by atoms with Gasteiger partial charge in [-0.05, 0) is 32.0 Å². The van der Waals surface area contributed by atoms with Crippen LogP contribution in [0.1, 0.15) is 24.2 Å². The Morgan fingerprint density at radius 1 is 1.50 bits per heavy atom. The van der Waals surface area contributed by atoms with Crippen molar-refractivity contribution in [2.75, 3.05) is 24.7 Å². The summed E-state index contributed by atoms with van der Waals surface area (Å²) < 4.78 is 6.35. The zero-order chi connectivity index (χ0) is 13.3. The fraction of sp³-hybridized carbons (Fsp3) is 0.462. The van der Waals surface area contributed by atoms with Gasteiger partial charge in [-0.2, -0.15) is 0 Å². The number of ether oxygens (including phenoxy) is 1. The Labute approximate surface area is 115 Å². The predicted octanol–water partition coefficient (Wildman–Crippen LogP) is 2.76. The van der Waals surface area contributed by atoms with Crippen molar-refractivity contribution in [2.24, 2.45) is 0 Å². The molecule has 1 aromatic rings. The normalized spacial score (nSPS) is 18.7. The molecule has 5 heteroatoms. The Hall–Kier alpha value is -1.07. The Morgan fingerprint density at radius 2 is 2.22 bits per heavy atom. The van der Waals surface area contributed by atoms with Gasteiger partial charge in [0.25, 0.3) is 0 Å². The van der Waals surface area contributed by atoms with Crippen molar-refractivity contribution in [1.29, 1.82) is 0 Å². The molecule has 1 aromatic carbocycles. The van der Waals surface area contributed by atoms with Crippen LogP contribution < -0.4 is 4.90 Å². The third kappa shape index (κ3) is 2.52. The molecule has 0 radical (unpaired) electrons. The van der Waals surface area contributed by atoms with E-state index in [1.165, 1.54) is 0 Å². The Balaban J connectivity index is 2.48. The van der Waals surface area contributed by atoms with E-state index in [9.17, 15) is 9.90 Å². The number of nitrogens with zero attached hydrogens (tertiary/aromatic N) is 1. The zero-order valence-electron chi connectivity index (χ0n) is 10.4. The van der Waals surface area contributed by atoms with Crippen LogP contribution in [0.5, 0.6) is 0 Å². The maximum Gasteiger partial charge on any atom is 0.337 e. The average molecular weight is 314 g/mol. The van der Waals surface area contributed by atoms with E-state index in [1.54, 1.807) is 12.1 Å². The first-order chi connectivity index (χ1) is 8.42. The molecule has 98 valence electrons. The SMILES string of the molecule is CC1(C)COCCN1c1cc(Br)ccc1C(=O)O. The molecular formula is C13H16BrNO3. The minimum absolute atomic E-state index is 0.205. The fourth-order valence-corrected chi connectivity index (χ4v) is 2.56. The molecule has 1 heterocycles. The highest BCUT2D eigenvalue weighted by Crippen LogP contribution is 2.32. The number of anilines is 1. The van der Waals surface area contributed by atoms with Crippen LogP contribution in [0.15, 0.2) is 22.7 Å². The minimum atomic E-state index is -0.903. The lowest BCUT2D eigenvalue weighted by Gasteiger charge is -2.44. The molecule has 4 nitrogen and oxygen atoms in total. The summed E-state index contributed by atoms with van der Waals surface area (Å²) in [5.74, 6) is -0.903. The van der Waals surface area contributed by atoms with Crippen molar-refractivity contribution in [3.05, 3.63) is 28.2 Å². The summed E-state index contributed by atoms with van der Waals surface area (Å²) in [7, 11) is 0. The second-order valence-corrected chi connectivity index (χ2v) is 5.90. The molecule has 0 spiro atoms. The van der Waals surface area contributed by atoms with E-state index in [0.717, 1.165) is 10.2 Å². The first-order valence-corrected chi connectivity index (χ1v) is 6.59. The molecule has 2 rings (SSSR count). The van der Waals surface area contributed by atoms with Crippen molar-refractivity contribution in [2.45, 2.75) is 19.4 Å². The van der Waals surface area contributed by atoms with Crippen LogP contribution in [-0.2, 0) is 4.74 Å². The number of carboxylic acids is 1. The van der Waals surface area contributed by atoms with Gasteiger partial charge in [0.15, 0.2) is 0 Å². The summed E-state index contributed by atoms with van der Waals surface area (Å²) in [4.78, 5) is 13.4. The van der Waals surface area contributed by atoms with E-state index >= 15 is 0 Å². The third-order valence-electron chi connectivity index (χ3n) is 3.13. The minimum Gasteiger partial charge on any atom is -0.478 e. The summed E-state index contributed by atoms with van der Waals surface area (Å²) in [5.41, 5.74) is 0.863. The lowest BCUT2D eigenvalue weighted by Crippen LogP contribution is -2.53. The van der Waals surface area contributed by atoms with Crippen molar-refractivity contribution < 1.29 is 14.6 Å². The lowest BCUT2D eigenvalue weighted by molar-refractivity contribution is 0.0629. The summed E-state index contributed by atoms with van der Waals surface area (Å²) in [6.45, 7) is 6.02. The highest BCUT2D eigenvalue weighted by Gasteiger charge is 2.32. The molecule has 1 aliphatic rings.